The molecule has 0 spiro atoms. The third-order valence-corrected chi connectivity index (χ3v) is 3.30. The molecule has 0 aliphatic rings. The number of aromatic nitrogens is 3. The summed E-state index contributed by atoms with van der Waals surface area (Å²) in [5, 5.41) is 3.87. The van der Waals surface area contributed by atoms with Crippen molar-refractivity contribution in [3.05, 3.63) is 44.4 Å². The average Bonchev–Trinajstić information content (AvgIpc) is 2.78. The number of aryl methyl sites for hydroxylation is 1. The summed E-state index contributed by atoms with van der Waals surface area (Å²) < 4.78 is 11.9. The van der Waals surface area contributed by atoms with E-state index < -0.39 is 0 Å². The lowest BCUT2D eigenvalue weighted by Crippen LogP contribution is -2.22. The van der Waals surface area contributed by atoms with Crippen molar-refractivity contribution in [2.75, 3.05) is 7.11 Å². The van der Waals surface area contributed by atoms with E-state index in [0.717, 1.165) is 0 Å². The highest BCUT2D eigenvalue weighted by Gasteiger charge is 2.09. The Bertz CT molecular complexity index is 606. The Morgan fingerprint density at radius 1 is 1.56 bits per heavy atom. The summed E-state index contributed by atoms with van der Waals surface area (Å²) in [4.78, 5) is 16.0. The second kappa shape index (κ2) is 5.45. The molecule has 2 heterocycles. The zero-order chi connectivity index (χ0) is 13.1. The third-order valence-electron chi connectivity index (χ3n) is 2.38. The second-order valence-corrected chi connectivity index (χ2v) is 4.59. The molecular weight excluding hydrogens is 302 g/mol. The summed E-state index contributed by atoms with van der Waals surface area (Å²) >= 11 is 3.21. The van der Waals surface area contributed by atoms with Crippen LogP contribution < -0.4 is 5.56 Å². The summed E-state index contributed by atoms with van der Waals surface area (Å²) in [6, 6.07) is 1.75. The number of hydrogen-bond donors (Lipinski definition) is 0. The van der Waals surface area contributed by atoms with Gasteiger partial charge in [0.05, 0.1) is 18.6 Å². The minimum Gasteiger partial charge on any atom is -0.377 e. The van der Waals surface area contributed by atoms with E-state index in [1.165, 1.54) is 10.9 Å². The standard InChI is InChI=1S/C11H12BrN3O3/c1-7-10(12)11(16)15(6-13-7)4-8-3-9(5-17-2)18-14-8/h3,6H,4-5H2,1-2H3. The molecule has 0 fully saturated rings. The third kappa shape index (κ3) is 2.68. The van der Waals surface area contributed by atoms with Crippen LogP contribution in [-0.4, -0.2) is 21.8 Å². The Hall–Kier alpha value is -1.47. The van der Waals surface area contributed by atoms with Crippen LogP contribution in [0, 0.1) is 6.92 Å². The number of hydrogen-bond acceptors (Lipinski definition) is 5. The Morgan fingerprint density at radius 3 is 3.06 bits per heavy atom. The lowest BCUT2D eigenvalue weighted by molar-refractivity contribution is 0.155. The molecule has 0 atom stereocenters. The molecular formula is C11H12BrN3O3. The van der Waals surface area contributed by atoms with Crippen molar-refractivity contribution in [1.82, 2.24) is 14.7 Å². The van der Waals surface area contributed by atoms with Crippen LogP contribution in [0.25, 0.3) is 0 Å². The molecule has 0 N–H and O–H groups in total. The van der Waals surface area contributed by atoms with Crippen LogP contribution in [0.3, 0.4) is 0 Å². The van der Waals surface area contributed by atoms with E-state index in [1.54, 1.807) is 20.1 Å². The van der Waals surface area contributed by atoms with Crippen LogP contribution in [0.15, 0.2) is 26.2 Å². The smallest absolute Gasteiger partial charge is 0.268 e. The number of ether oxygens (including phenoxy) is 1. The molecule has 6 nitrogen and oxygen atoms in total. The predicted octanol–water partition coefficient (Wildman–Crippen LogP) is 1.50. The van der Waals surface area contributed by atoms with Crippen molar-refractivity contribution in [2.24, 2.45) is 0 Å². The first kappa shape index (κ1) is 13.0. The topological polar surface area (TPSA) is 70.2 Å². The molecule has 0 aliphatic heterocycles. The SMILES string of the molecule is COCc1cc(Cn2cnc(C)c(Br)c2=O)no1. The summed E-state index contributed by atoms with van der Waals surface area (Å²) in [6.45, 7) is 2.44. The van der Waals surface area contributed by atoms with Gasteiger partial charge < -0.3 is 9.26 Å². The highest BCUT2D eigenvalue weighted by Crippen LogP contribution is 2.09. The molecule has 0 unspecified atom stereocenters. The van der Waals surface area contributed by atoms with Crippen molar-refractivity contribution < 1.29 is 9.26 Å². The summed E-state index contributed by atoms with van der Waals surface area (Å²) in [5.74, 6) is 0.625. The molecule has 2 rings (SSSR count). The van der Waals surface area contributed by atoms with E-state index in [1.807, 2.05) is 0 Å². The molecule has 0 aliphatic carbocycles. The zero-order valence-electron chi connectivity index (χ0n) is 10.0. The molecule has 0 bridgehead atoms. The molecule has 18 heavy (non-hydrogen) atoms. The lowest BCUT2D eigenvalue weighted by Gasteiger charge is -2.03. The molecule has 2 aromatic heterocycles. The van der Waals surface area contributed by atoms with E-state index in [9.17, 15) is 4.79 Å². The van der Waals surface area contributed by atoms with Crippen LogP contribution in [-0.2, 0) is 17.9 Å². The average molecular weight is 314 g/mol. The van der Waals surface area contributed by atoms with Crippen LogP contribution in [0.1, 0.15) is 17.1 Å². The fourth-order valence-electron chi connectivity index (χ4n) is 1.47. The quantitative estimate of drug-likeness (QED) is 0.855. The van der Waals surface area contributed by atoms with Gasteiger partial charge in [0.2, 0.25) is 0 Å². The largest absolute Gasteiger partial charge is 0.377 e. The number of methoxy groups -OCH3 is 1. The first-order valence-corrected chi connectivity index (χ1v) is 6.06. The Kier molecular flexibility index (Phi) is 3.93. The van der Waals surface area contributed by atoms with Gasteiger partial charge in [-0.1, -0.05) is 5.16 Å². The predicted molar refractivity (Wildman–Crippen MR) is 67.3 cm³/mol. The highest BCUT2D eigenvalue weighted by atomic mass is 79.9. The first-order valence-electron chi connectivity index (χ1n) is 5.26. The van der Waals surface area contributed by atoms with Crippen molar-refractivity contribution in [2.45, 2.75) is 20.1 Å². The van der Waals surface area contributed by atoms with Crippen LogP contribution >= 0.6 is 15.9 Å². The first-order chi connectivity index (χ1) is 8.61. The van der Waals surface area contributed by atoms with Crippen molar-refractivity contribution in [3.8, 4) is 0 Å². The van der Waals surface area contributed by atoms with Crippen molar-refractivity contribution in [3.63, 3.8) is 0 Å². The number of halogens is 1. The maximum absolute atomic E-state index is 11.9. The molecule has 0 aromatic carbocycles. The molecule has 7 heteroatoms. The summed E-state index contributed by atoms with van der Waals surface area (Å²) in [5.41, 5.74) is 1.18. The van der Waals surface area contributed by atoms with Crippen LogP contribution in [0.5, 0.6) is 0 Å². The molecule has 0 radical (unpaired) electrons. The van der Waals surface area contributed by atoms with Crippen molar-refractivity contribution >= 4 is 15.9 Å². The van der Waals surface area contributed by atoms with Gasteiger partial charge in [0.25, 0.3) is 5.56 Å². The normalized spacial score (nSPS) is 10.8. The van der Waals surface area contributed by atoms with Gasteiger partial charge >= 0.3 is 0 Å². The van der Waals surface area contributed by atoms with Crippen LogP contribution in [0.4, 0.5) is 0 Å². The van der Waals surface area contributed by atoms with Gasteiger partial charge in [-0.3, -0.25) is 9.36 Å². The van der Waals surface area contributed by atoms with Gasteiger partial charge in [-0.05, 0) is 22.9 Å². The molecule has 96 valence electrons. The summed E-state index contributed by atoms with van der Waals surface area (Å²) in [7, 11) is 1.58. The van der Waals surface area contributed by atoms with E-state index in [4.69, 9.17) is 9.26 Å². The van der Waals surface area contributed by atoms with Gasteiger partial charge in [-0.25, -0.2) is 4.98 Å². The van der Waals surface area contributed by atoms with E-state index in [0.29, 0.717) is 34.8 Å². The minimum atomic E-state index is -0.140. The van der Waals surface area contributed by atoms with E-state index >= 15 is 0 Å². The lowest BCUT2D eigenvalue weighted by atomic mass is 10.3. The van der Waals surface area contributed by atoms with E-state index in [-0.39, 0.29) is 5.56 Å². The monoisotopic (exact) mass is 313 g/mol. The van der Waals surface area contributed by atoms with Crippen molar-refractivity contribution in [1.29, 1.82) is 0 Å². The number of rotatable bonds is 4. The van der Waals surface area contributed by atoms with Crippen LogP contribution in [0.2, 0.25) is 0 Å². The molecule has 2 aromatic rings. The molecule has 0 saturated heterocycles. The fraction of sp³-hybridized carbons (Fsp3) is 0.364. The zero-order valence-corrected chi connectivity index (χ0v) is 11.6. The molecule has 0 amide bonds. The maximum Gasteiger partial charge on any atom is 0.268 e. The van der Waals surface area contributed by atoms with Gasteiger partial charge in [0, 0.05) is 13.2 Å². The van der Waals surface area contributed by atoms with Gasteiger partial charge in [-0.15, -0.1) is 0 Å². The van der Waals surface area contributed by atoms with Gasteiger partial charge in [-0.2, -0.15) is 0 Å². The Morgan fingerprint density at radius 2 is 2.33 bits per heavy atom. The maximum atomic E-state index is 11.9. The second-order valence-electron chi connectivity index (χ2n) is 3.79. The minimum absolute atomic E-state index is 0.140. The van der Waals surface area contributed by atoms with Gasteiger partial charge in [0.1, 0.15) is 16.8 Å². The van der Waals surface area contributed by atoms with Gasteiger partial charge in [0.15, 0.2) is 5.76 Å². The highest BCUT2D eigenvalue weighted by molar-refractivity contribution is 9.10. The Labute approximate surface area is 112 Å². The van der Waals surface area contributed by atoms with E-state index in [2.05, 4.69) is 26.1 Å². The fourth-order valence-corrected chi connectivity index (χ4v) is 1.80. The Balaban J connectivity index is 2.23. The molecule has 0 saturated carbocycles. The summed E-state index contributed by atoms with van der Waals surface area (Å²) in [6.07, 6.45) is 1.49. The number of nitrogens with zero attached hydrogens (tertiary/aromatic N) is 3.